The van der Waals surface area contributed by atoms with Gasteiger partial charge in [0.2, 0.25) is 0 Å². The highest BCUT2D eigenvalue weighted by Gasteiger charge is 2.23. The standard InChI is InChI=1S/C16H26N2/c1-14(15-7-3-2-4-8-15)13-18-12-6-5-9-16(18)10-11-17/h2-4,7-8,14,16H,5-6,9-13,17H2,1H3. The van der Waals surface area contributed by atoms with Crippen molar-refractivity contribution in [1.29, 1.82) is 0 Å². The molecule has 0 aliphatic carbocycles. The Morgan fingerprint density at radius 2 is 2.06 bits per heavy atom. The van der Waals surface area contributed by atoms with Crippen LogP contribution in [0.4, 0.5) is 0 Å². The van der Waals surface area contributed by atoms with Crippen molar-refractivity contribution in [1.82, 2.24) is 4.90 Å². The smallest absolute Gasteiger partial charge is 0.0107 e. The second kappa shape index (κ2) is 6.91. The van der Waals surface area contributed by atoms with Gasteiger partial charge < -0.3 is 5.73 Å². The highest BCUT2D eigenvalue weighted by molar-refractivity contribution is 5.19. The zero-order chi connectivity index (χ0) is 12.8. The number of piperidine rings is 1. The minimum absolute atomic E-state index is 0.615. The van der Waals surface area contributed by atoms with Gasteiger partial charge >= 0.3 is 0 Å². The molecule has 1 aromatic carbocycles. The van der Waals surface area contributed by atoms with Crippen LogP contribution in [0.3, 0.4) is 0 Å². The molecule has 2 N–H and O–H groups in total. The maximum absolute atomic E-state index is 5.74. The summed E-state index contributed by atoms with van der Waals surface area (Å²) < 4.78 is 0. The summed E-state index contributed by atoms with van der Waals surface area (Å²) >= 11 is 0. The van der Waals surface area contributed by atoms with Crippen LogP contribution in [0.5, 0.6) is 0 Å². The van der Waals surface area contributed by atoms with Gasteiger partial charge in [-0.3, -0.25) is 4.90 Å². The third-order valence-corrected chi connectivity index (χ3v) is 4.13. The van der Waals surface area contributed by atoms with Crippen LogP contribution in [0.15, 0.2) is 30.3 Å². The predicted molar refractivity (Wildman–Crippen MR) is 77.7 cm³/mol. The number of hydrogen-bond acceptors (Lipinski definition) is 2. The molecule has 2 nitrogen and oxygen atoms in total. The Bertz CT molecular complexity index is 334. The Morgan fingerprint density at radius 1 is 1.28 bits per heavy atom. The van der Waals surface area contributed by atoms with E-state index in [0.717, 1.165) is 19.0 Å². The Morgan fingerprint density at radius 3 is 2.78 bits per heavy atom. The van der Waals surface area contributed by atoms with Gasteiger partial charge in [-0.25, -0.2) is 0 Å². The Balaban J connectivity index is 1.94. The van der Waals surface area contributed by atoms with Crippen LogP contribution in [0.2, 0.25) is 0 Å². The Hall–Kier alpha value is -0.860. The second-order valence-electron chi connectivity index (χ2n) is 5.53. The summed E-state index contributed by atoms with van der Waals surface area (Å²) in [7, 11) is 0. The fraction of sp³-hybridized carbons (Fsp3) is 0.625. The van der Waals surface area contributed by atoms with E-state index < -0.39 is 0 Å². The Labute approximate surface area is 111 Å². The molecule has 1 aromatic rings. The first kappa shape index (κ1) is 13.6. The summed E-state index contributed by atoms with van der Waals surface area (Å²) in [6.45, 7) is 5.58. The van der Waals surface area contributed by atoms with Crippen LogP contribution in [-0.2, 0) is 0 Å². The van der Waals surface area contributed by atoms with E-state index in [1.54, 1.807) is 0 Å². The first-order valence-corrected chi connectivity index (χ1v) is 7.30. The quantitative estimate of drug-likeness (QED) is 0.865. The lowest BCUT2D eigenvalue weighted by Crippen LogP contribution is -2.42. The fourth-order valence-corrected chi connectivity index (χ4v) is 3.06. The predicted octanol–water partition coefficient (Wildman–Crippen LogP) is 2.99. The molecule has 0 saturated carbocycles. The molecule has 0 radical (unpaired) electrons. The molecule has 0 aromatic heterocycles. The average molecular weight is 246 g/mol. The molecular weight excluding hydrogens is 220 g/mol. The Kier molecular flexibility index (Phi) is 5.21. The van der Waals surface area contributed by atoms with Gasteiger partial charge in [0.25, 0.3) is 0 Å². The molecule has 1 saturated heterocycles. The minimum Gasteiger partial charge on any atom is -0.330 e. The molecule has 1 heterocycles. The highest BCUT2D eigenvalue weighted by Crippen LogP contribution is 2.23. The van der Waals surface area contributed by atoms with Crippen molar-refractivity contribution >= 4 is 0 Å². The molecule has 18 heavy (non-hydrogen) atoms. The van der Waals surface area contributed by atoms with Crippen LogP contribution in [0.25, 0.3) is 0 Å². The monoisotopic (exact) mass is 246 g/mol. The van der Waals surface area contributed by atoms with E-state index >= 15 is 0 Å². The molecule has 2 atom stereocenters. The summed E-state index contributed by atoms with van der Waals surface area (Å²) in [5.41, 5.74) is 7.19. The van der Waals surface area contributed by atoms with Crippen LogP contribution < -0.4 is 5.73 Å². The van der Waals surface area contributed by atoms with Gasteiger partial charge in [0.1, 0.15) is 0 Å². The number of hydrogen-bond donors (Lipinski definition) is 1. The van der Waals surface area contributed by atoms with Crippen molar-refractivity contribution in [2.24, 2.45) is 5.73 Å². The van der Waals surface area contributed by atoms with Crippen LogP contribution in [0.1, 0.15) is 44.1 Å². The maximum Gasteiger partial charge on any atom is 0.0107 e. The summed E-state index contributed by atoms with van der Waals surface area (Å²) in [4.78, 5) is 2.66. The number of rotatable bonds is 5. The summed E-state index contributed by atoms with van der Waals surface area (Å²) in [5, 5.41) is 0. The van der Waals surface area contributed by atoms with Gasteiger partial charge in [-0.05, 0) is 43.8 Å². The van der Waals surface area contributed by atoms with Crippen molar-refractivity contribution in [3.8, 4) is 0 Å². The average Bonchev–Trinajstić information content (AvgIpc) is 2.42. The molecule has 2 unspecified atom stereocenters. The SMILES string of the molecule is CC(CN1CCCCC1CCN)c1ccccc1. The number of nitrogens with two attached hydrogens (primary N) is 1. The second-order valence-corrected chi connectivity index (χ2v) is 5.53. The molecule has 1 aliphatic rings. The lowest BCUT2D eigenvalue weighted by molar-refractivity contribution is 0.135. The molecule has 0 amide bonds. The minimum atomic E-state index is 0.615. The van der Waals surface area contributed by atoms with Crippen molar-refractivity contribution < 1.29 is 0 Å². The molecule has 2 heteroatoms. The van der Waals surface area contributed by atoms with E-state index in [0.29, 0.717) is 5.92 Å². The largest absolute Gasteiger partial charge is 0.330 e. The topological polar surface area (TPSA) is 29.3 Å². The van der Waals surface area contributed by atoms with Gasteiger partial charge in [0.05, 0.1) is 0 Å². The molecule has 1 fully saturated rings. The van der Waals surface area contributed by atoms with E-state index in [1.807, 2.05) is 0 Å². The highest BCUT2D eigenvalue weighted by atomic mass is 15.2. The molecular formula is C16H26N2. The summed E-state index contributed by atoms with van der Waals surface area (Å²) in [6, 6.07) is 11.6. The number of likely N-dealkylation sites (tertiary alicyclic amines) is 1. The van der Waals surface area contributed by atoms with Gasteiger partial charge in [-0.15, -0.1) is 0 Å². The lowest BCUT2D eigenvalue weighted by atomic mass is 9.95. The van der Waals surface area contributed by atoms with Gasteiger partial charge in [-0.2, -0.15) is 0 Å². The third-order valence-electron chi connectivity index (χ3n) is 4.13. The normalized spacial score (nSPS) is 22.9. The molecule has 0 spiro atoms. The third kappa shape index (κ3) is 3.56. The van der Waals surface area contributed by atoms with Crippen molar-refractivity contribution in [2.45, 2.75) is 44.6 Å². The van der Waals surface area contributed by atoms with Gasteiger partial charge in [0.15, 0.2) is 0 Å². The van der Waals surface area contributed by atoms with E-state index in [2.05, 4.69) is 42.2 Å². The zero-order valence-electron chi connectivity index (χ0n) is 11.5. The van der Waals surface area contributed by atoms with Crippen LogP contribution >= 0.6 is 0 Å². The van der Waals surface area contributed by atoms with Crippen molar-refractivity contribution in [3.63, 3.8) is 0 Å². The van der Waals surface area contributed by atoms with Crippen molar-refractivity contribution in [2.75, 3.05) is 19.6 Å². The van der Waals surface area contributed by atoms with E-state index in [1.165, 1.54) is 37.9 Å². The van der Waals surface area contributed by atoms with Gasteiger partial charge in [-0.1, -0.05) is 43.7 Å². The lowest BCUT2D eigenvalue weighted by Gasteiger charge is -2.37. The number of nitrogens with zero attached hydrogens (tertiary/aromatic N) is 1. The fourth-order valence-electron chi connectivity index (χ4n) is 3.06. The first-order chi connectivity index (χ1) is 8.81. The molecule has 2 rings (SSSR count). The maximum atomic E-state index is 5.74. The van der Waals surface area contributed by atoms with Gasteiger partial charge in [0, 0.05) is 12.6 Å². The number of benzene rings is 1. The van der Waals surface area contributed by atoms with Crippen LogP contribution in [-0.4, -0.2) is 30.6 Å². The van der Waals surface area contributed by atoms with E-state index in [9.17, 15) is 0 Å². The van der Waals surface area contributed by atoms with Crippen LogP contribution in [0, 0.1) is 0 Å². The first-order valence-electron chi connectivity index (χ1n) is 7.30. The summed E-state index contributed by atoms with van der Waals surface area (Å²) in [6.07, 6.45) is 5.21. The van der Waals surface area contributed by atoms with E-state index in [-0.39, 0.29) is 0 Å². The van der Waals surface area contributed by atoms with E-state index in [4.69, 9.17) is 5.73 Å². The zero-order valence-corrected chi connectivity index (χ0v) is 11.5. The molecule has 100 valence electrons. The molecule has 0 bridgehead atoms. The molecule has 1 aliphatic heterocycles. The summed E-state index contributed by atoms with van der Waals surface area (Å²) in [5.74, 6) is 0.615. The van der Waals surface area contributed by atoms with Crippen molar-refractivity contribution in [3.05, 3.63) is 35.9 Å².